The predicted molar refractivity (Wildman–Crippen MR) is 73.5 cm³/mol. The second kappa shape index (κ2) is 5.47. The predicted octanol–water partition coefficient (Wildman–Crippen LogP) is 2.66. The topological polar surface area (TPSA) is 30.5 Å². The Labute approximate surface area is 113 Å². The van der Waals surface area contributed by atoms with Gasteiger partial charge in [-0.3, -0.25) is 0 Å². The summed E-state index contributed by atoms with van der Waals surface area (Å²) in [6.45, 7) is 5.90. The van der Waals surface area contributed by atoms with Gasteiger partial charge in [-0.1, -0.05) is 17.7 Å². The Morgan fingerprint density at radius 1 is 1.50 bits per heavy atom. The molecule has 100 valence electrons. The van der Waals surface area contributed by atoms with Gasteiger partial charge in [-0.25, -0.2) is 0 Å². The molecule has 1 heterocycles. The number of morpholine rings is 1. The van der Waals surface area contributed by atoms with Crippen molar-refractivity contribution < 1.29 is 9.47 Å². The fourth-order valence-corrected chi connectivity index (χ4v) is 2.34. The third-order valence-corrected chi connectivity index (χ3v) is 3.46. The highest BCUT2D eigenvalue weighted by molar-refractivity contribution is 6.32. The van der Waals surface area contributed by atoms with E-state index in [4.69, 9.17) is 21.1 Å². The molecule has 18 heavy (non-hydrogen) atoms. The highest BCUT2D eigenvalue weighted by Crippen LogP contribution is 2.26. The van der Waals surface area contributed by atoms with E-state index in [1.807, 2.05) is 18.2 Å². The van der Waals surface area contributed by atoms with Crippen LogP contribution in [-0.4, -0.2) is 31.9 Å². The van der Waals surface area contributed by atoms with Crippen LogP contribution in [0.25, 0.3) is 0 Å². The van der Waals surface area contributed by atoms with E-state index in [-0.39, 0.29) is 11.6 Å². The van der Waals surface area contributed by atoms with Gasteiger partial charge in [0, 0.05) is 12.1 Å². The fraction of sp³-hybridized carbons (Fsp3) is 0.571. The molecular formula is C14H20ClNO2. The molecule has 0 radical (unpaired) electrons. The van der Waals surface area contributed by atoms with Crippen molar-refractivity contribution >= 4 is 11.6 Å². The van der Waals surface area contributed by atoms with Gasteiger partial charge in [0.1, 0.15) is 5.75 Å². The van der Waals surface area contributed by atoms with E-state index in [0.717, 1.165) is 19.6 Å². The van der Waals surface area contributed by atoms with Crippen LogP contribution in [0.4, 0.5) is 0 Å². The number of ether oxygens (including phenoxy) is 2. The van der Waals surface area contributed by atoms with E-state index in [9.17, 15) is 0 Å². The van der Waals surface area contributed by atoms with Gasteiger partial charge in [0.05, 0.1) is 24.8 Å². The van der Waals surface area contributed by atoms with Crippen molar-refractivity contribution in [3.8, 4) is 5.75 Å². The Kier molecular flexibility index (Phi) is 4.15. The summed E-state index contributed by atoms with van der Waals surface area (Å²) < 4.78 is 11.0. The van der Waals surface area contributed by atoms with E-state index in [0.29, 0.717) is 10.8 Å². The number of methoxy groups -OCH3 is 1. The van der Waals surface area contributed by atoms with E-state index < -0.39 is 0 Å². The maximum Gasteiger partial charge on any atom is 0.137 e. The van der Waals surface area contributed by atoms with E-state index in [1.165, 1.54) is 5.56 Å². The minimum Gasteiger partial charge on any atom is -0.495 e. The van der Waals surface area contributed by atoms with Gasteiger partial charge < -0.3 is 14.8 Å². The fourth-order valence-electron chi connectivity index (χ4n) is 2.06. The number of hydrogen-bond acceptors (Lipinski definition) is 3. The molecule has 1 atom stereocenters. The SMILES string of the molecule is COc1ccc(CC2CNC(C)(C)CO2)cc1Cl. The van der Waals surface area contributed by atoms with E-state index in [1.54, 1.807) is 7.11 Å². The summed E-state index contributed by atoms with van der Waals surface area (Å²) in [7, 11) is 1.62. The Morgan fingerprint density at radius 2 is 2.28 bits per heavy atom. The van der Waals surface area contributed by atoms with Crippen molar-refractivity contribution in [2.24, 2.45) is 0 Å². The zero-order valence-corrected chi connectivity index (χ0v) is 11.9. The lowest BCUT2D eigenvalue weighted by atomic mass is 10.0. The zero-order chi connectivity index (χ0) is 13.2. The standard InChI is InChI=1S/C14H20ClNO2/c1-14(2)9-18-11(8-16-14)6-10-4-5-13(17-3)12(15)7-10/h4-5,7,11,16H,6,8-9H2,1-3H3. The van der Waals surface area contributed by atoms with E-state index >= 15 is 0 Å². The lowest BCUT2D eigenvalue weighted by Gasteiger charge is -2.36. The monoisotopic (exact) mass is 269 g/mol. The molecule has 1 aliphatic rings. The Balaban J connectivity index is 1.96. The van der Waals surface area contributed by atoms with Gasteiger partial charge in [-0.05, 0) is 38.0 Å². The Bertz CT molecular complexity index is 410. The maximum atomic E-state index is 6.11. The summed E-state index contributed by atoms with van der Waals surface area (Å²) in [4.78, 5) is 0. The average molecular weight is 270 g/mol. The molecule has 1 unspecified atom stereocenters. The molecule has 0 bridgehead atoms. The van der Waals surface area contributed by atoms with Crippen molar-refractivity contribution in [1.82, 2.24) is 5.32 Å². The molecule has 1 aliphatic heterocycles. The molecule has 4 heteroatoms. The third-order valence-electron chi connectivity index (χ3n) is 3.17. The minimum absolute atomic E-state index is 0.0774. The van der Waals surface area contributed by atoms with Gasteiger partial charge in [-0.15, -0.1) is 0 Å². The molecule has 1 N–H and O–H groups in total. The molecule has 2 rings (SSSR count). The highest BCUT2D eigenvalue weighted by atomic mass is 35.5. The van der Waals surface area contributed by atoms with Crippen LogP contribution in [0.15, 0.2) is 18.2 Å². The lowest BCUT2D eigenvalue weighted by Crippen LogP contribution is -2.53. The second-order valence-corrected chi connectivity index (χ2v) is 5.78. The number of halogens is 1. The Morgan fingerprint density at radius 3 is 2.83 bits per heavy atom. The zero-order valence-electron chi connectivity index (χ0n) is 11.1. The van der Waals surface area contributed by atoms with Crippen molar-refractivity contribution in [1.29, 1.82) is 0 Å². The summed E-state index contributed by atoms with van der Waals surface area (Å²) in [5.74, 6) is 0.712. The molecule has 0 amide bonds. The summed E-state index contributed by atoms with van der Waals surface area (Å²) in [6.07, 6.45) is 1.08. The average Bonchev–Trinajstić information content (AvgIpc) is 2.32. The summed E-state index contributed by atoms with van der Waals surface area (Å²) >= 11 is 6.11. The van der Waals surface area contributed by atoms with E-state index in [2.05, 4.69) is 19.2 Å². The van der Waals surface area contributed by atoms with Crippen LogP contribution in [0, 0.1) is 0 Å². The molecule has 1 fully saturated rings. The van der Waals surface area contributed by atoms with Crippen molar-refractivity contribution in [3.05, 3.63) is 28.8 Å². The summed E-state index contributed by atoms with van der Waals surface area (Å²) in [5.41, 5.74) is 1.25. The first-order valence-corrected chi connectivity index (χ1v) is 6.57. The van der Waals surface area contributed by atoms with Gasteiger partial charge >= 0.3 is 0 Å². The quantitative estimate of drug-likeness (QED) is 0.915. The molecule has 0 aliphatic carbocycles. The molecule has 0 aromatic heterocycles. The molecule has 0 spiro atoms. The highest BCUT2D eigenvalue weighted by Gasteiger charge is 2.26. The number of benzene rings is 1. The molecule has 1 aromatic carbocycles. The van der Waals surface area contributed by atoms with Crippen LogP contribution in [0.3, 0.4) is 0 Å². The van der Waals surface area contributed by atoms with Crippen LogP contribution < -0.4 is 10.1 Å². The van der Waals surface area contributed by atoms with Gasteiger partial charge in [-0.2, -0.15) is 0 Å². The van der Waals surface area contributed by atoms with Crippen LogP contribution >= 0.6 is 11.6 Å². The van der Waals surface area contributed by atoms with Crippen molar-refractivity contribution in [2.75, 3.05) is 20.3 Å². The van der Waals surface area contributed by atoms with Crippen molar-refractivity contribution in [3.63, 3.8) is 0 Å². The van der Waals surface area contributed by atoms with Crippen molar-refractivity contribution in [2.45, 2.75) is 31.9 Å². The summed E-state index contributed by atoms with van der Waals surface area (Å²) in [6, 6.07) is 5.88. The Hall–Kier alpha value is -0.770. The first-order valence-electron chi connectivity index (χ1n) is 6.19. The van der Waals surface area contributed by atoms with Crippen LogP contribution in [-0.2, 0) is 11.2 Å². The first kappa shape index (κ1) is 13.7. The van der Waals surface area contributed by atoms with Crippen LogP contribution in [0.1, 0.15) is 19.4 Å². The molecule has 1 aromatic rings. The van der Waals surface area contributed by atoms with Gasteiger partial charge in [0.25, 0.3) is 0 Å². The smallest absolute Gasteiger partial charge is 0.137 e. The first-order chi connectivity index (χ1) is 8.50. The largest absolute Gasteiger partial charge is 0.495 e. The minimum atomic E-state index is 0.0774. The molecule has 1 saturated heterocycles. The lowest BCUT2D eigenvalue weighted by molar-refractivity contribution is -0.0206. The number of nitrogens with one attached hydrogen (secondary N) is 1. The second-order valence-electron chi connectivity index (χ2n) is 5.37. The third kappa shape index (κ3) is 3.37. The molecule has 3 nitrogen and oxygen atoms in total. The molecular weight excluding hydrogens is 250 g/mol. The maximum absolute atomic E-state index is 6.11. The summed E-state index contributed by atoms with van der Waals surface area (Å²) in [5, 5.41) is 4.14. The van der Waals surface area contributed by atoms with Gasteiger partial charge in [0.2, 0.25) is 0 Å². The number of rotatable bonds is 3. The van der Waals surface area contributed by atoms with Crippen LogP contribution in [0.5, 0.6) is 5.75 Å². The molecule has 0 saturated carbocycles. The van der Waals surface area contributed by atoms with Crippen LogP contribution in [0.2, 0.25) is 5.02 Å². The number of hydrogen-bond donors (Lipinski definition) is 1. The normalized spacial score (nSPS) is 22.8. The van der Waals surface area contributed by atoms with Gasteiger partial charge in [0.15, 0.2) is 0 Å².